The molecule has 1 unspecified atom stereocenters. The molecule has 0 bridgehead atoms. The monoisotopic (exact) mass is 287 g/mol. The summed E-state index contributed by atoms with van der Waals surface area (Å²) in [5.41, 5.74) is -1.32. The molecule has 0 saturated heterocycles. The summed E-state index contributed by atoms with van der Waals surface area (Å²) >= 11 is 0. The average Bonchev–Trinajstić information content (AvgIpc) is 2.18. The summed E-state index contributed by atoms with van der Waals surface area (Å²) in [6.45, 7) is 10.4. The van der Waals surface area contributed by atoms with E-state index in [4.69, 9.17) is 9.47 Å². The molecule has 0 heterocycles. The Balaban J connectivity index is 4.67. The van der Waals surface area contributed by atoms with Gasteiger partial charge < -0.3 is 19.6 Å². The number of rotatable bonds is 5. The Kier molecular flexibility index (Phi) is 6.68. The Labute approximate surface area is 120 Å². The molecule has 0 saturated carbocycles. The summed E-state index contributed by atoms with van der Waals surface area (Å²) < 4.78 is 10.3. The van der Waals surface area contributed by atoms with Crippen LogP contribution in [0, 0.1) is 0 Å². The summed E-state index contributed by atoms with van der Waals surface area (Å²) in [5.74, 6) is -0.579. The van der Waals surface area contributed by atoms with E-state index in [2.05, 4.69) is 5.32 Å². The maximum absolute atomic E-state index is 12.0. The number of carbonyl (C=O) groups excluding carboxylic acids is 3. The Hall–Kier alpha value is -1.59. The van der Waals surface area contributed by atoms with Crippen LogP contribution in [-0.2, 0) is 19.1 Å². The Morgan fingerprint density at radius 3 is 1.95 bits per heavy atom. The van der Waals surface area contributed by atoms with Crippen molar-refractivity contribution in [1.29, 1.82) is 0 Å². The molecular weight excluding hydrogens is 262 g/mol. The number of esters is 1. The number of carbonyl (C=O) groups is 3. The minimum Gasteiger partial charge on any atom is -0.458 e. The minimum absolute atomic E-state index is 0.152. The van der Waals surface area contributed by atoms with Crippen LogP contribution < -0.4 is 5.32 Å². The number of hydrogen-bond donors (Lipinski definition) is 1. The molecule has 0 aliphatic rings. The summed E-state index contributed by atoms with van der Waals surface area (Å²) in [4.78, 5) is 34.1. The van der Waals surface area contributed by atoms with Gasteiger partial charge in [-0.2, -0.15) is 0 Å². The van der Waals surface area contributed by atoms with E-state index in [-0.39, 0.29) is 12.8 Å². The van der Waals surface area contributed by atoms with Gasteiger partial charge in [-0.1, -0.05) is 0 Å². The molecule has 0 fully saturated rings. The molecule has 0 rings (SSSR count). The smallest absolute Gasteiger partial charge is 0.408 e. The lowest BCUT2D eigenvalue weighted by Crippen LogP contribution is -2.46. The van der Waals surface area contributed by atoms with Crippen molar-refractivity contribution < 1.29 is 23.9 Å². The third kappa shape index (κ3) is 9.35. The molecule has 0 spiro atoms. The van der Waals surface area contributed by atoms with E-state index in [1.165, 1.54) is 0 Å². The summed E-state index contributed by atoms with van der Waals surface area (Å²) in [6.07, 6.45) is 0.310. The fraction of sp³-hybridized carbons (Fsp3) is 0.786. The van der Waals surface area contributed by atoms with Gasteiger partial charge in [-0.05, 0) is 48.0 Å². The van der Waals surface area contributed by atoms with Gasteiger partial charge in [-0.15, -0.1) is 0 Å². The van der Waals surface area contributed by atoms with E-state index in [1.54, 1.807) is 41.5 Å². The lowest BCUT2D eigenvalue weighted by molar-refractivity contribution is -0.157. The summed E-state index contributed by atoms with van der Waals surface area (Å²) in [5, 5.41) is 2.44. The maximum atomic E-state index is 12.0. The highest BCUT2D eigenvalue weighted by molar-refractivity contribution is 5.82. The van der Waals surface area contributed by atoms with Gasteiger partial charge in [0, 0.05) is 6.42 Å². The van der Waals surface area contributed by atoms with Crippen LogP contribution in [0.4, 0.5) is 4.79 Å². The molecule has 6 heteroatoms. The highest BCUT2D eigenvalue weighted by Crippen LogP contribution is 2.12. The van der Waals surface area contributed by atoms with Gasteiger partial charge in [-0.3, -0.25) is 0 Å². The number of ether oxygens (including phenoxy) is 2. The molecule has 20 heavy (non-hydrogen) atoms. The van der Waals surface area contributed by atoms with Crippen LogP contribution in [-0.4, -0.2) is 35.6 Å². The van der Waals surface area contributed by atoms with E-state index in [9.17, 15) is 14.4 Å². The molecule has 1 amide bonds. The van der Waals surface area contributed by atoms with Gasteiger partial charge >= 0.3 is 12.1 Å². The average molecular weight is 287 g/mol. The Morgan fingerprint density at radius 2 is 1.55 bits per heavy atom. The predicted octanol–water partition coefficient (Wildman–Crippen LogP) is 2.20. The van der Waals surface area contributed by atoms with E-state index in [0.29, 0.717) is 6.29 Å². The van der Waals surface area contributed by atoms with Crippen molar-refractivity contribution in [2.24, 2.45) is 0 Å². The number of amides is 1. The lowest BCUT2D eigenvalue weighted by Gasteiger charge is -2.26. The first kappa shape index (κ1) is 18.4. The van der Waals surface area contributed by atoms with Gasteiger partial charge in [0.05, 0.1) is 0 Å². The van der Waals surface area contributed by atoms with Crippen molar-refractivity contribution in [2.75, 3.05) is 0 Å². The molecule has 0 aromatic carbocycles. The van der Waals surface area contributed by atoms with E-state index >= 15 is 0 Å². The summed E-state index contributed by atoms with van der Waals surface area (Å²) in [6, 6.07) is -0.894. The zero-order chi connectivity index (χ0) is 16.0. The van der Waals surface area contributed by atoms with Crippen LogP contribution in [0.25, 0.3) is 0 Å². The van der Waals surface area contributed by atoms with Gasteiger partial charge in [-0.25, -0.2) is 9.59 Å². The zero-order valence-corrected chi connectivity index (χ0v) is 13.1. The van der Waals surface area contributed by atoms with Crippen LogP contribution in [0.15, 0.2) is 0 Å². The van der Waals surface area contributed by atoms with Crippen LogP contribution in [0.3, 0.4) is 0 Å². The van der Waals surface area contributed by atoms with Crippen molar-refractivity contribution in [3.05, 3.63) is 0 Å². The van der Waals surface area contributed by atoms with Crippen molar-refractivity contribution in [3.8, 4) is 0 Å². The number of aldehydes is 1. The van der Waals surface area contributed by atoms with E-state index in [0.717, 1.165) is 0 Å². The first-order valence-corrected chi connectivity index (χ1v) is 6.60. The quantitative estimate of drug-likeness (QED) is 0.619. The topological polar surface area (TPSA) is 81.7 Å². The second-order valence-electron chi connectivity index (χ2n) is 6.48. The van der Waals surface area contributed by atoms with Crippen LogP contribution in [0.5, 0.6) is 0 Å². The fourth-order valence-corrected chi connectivity index (χ4v) is 1.31. The second kappa shape index (κ2) is 7.26. The van der Waals surface area contributed by atoms with Gasteiger partial charge in [0.25, 0.3) is 0 Å². The largest absolute Gasteiger partial charge is 0.458 e. The second-order valence-corrected chi connectivity index (χ2v) is 6.48. The molecule has 0 aromatic heterocycles. The van der Waals surface area contributed by atoms with E-state index in [1.807, 2.05) is 0 Å². The van der Waals surface area contributed by atoms with Gasteiger partial charge in [0.2, 0.25) is 0 Å². The van der Waals surface area contributed by atoms with E-state index < -0.39 is 29.3 Å². The Morgan fingerprint density at radius 1 is 1.05 bits per heavy atom. The number of alkyl carbamates (subject to hydrolysis) is 1. The van der Waals surface area contributed by atoms with Crippen molar-refractivity contribution in [3.63, 3.8) is 0 Å². The maximum Gasteiger partial charge on any atom is 0.408 e. The third-order valence-electron chi connectivity index (χ3n) is 1.96. The number of hydrogen-bond acceptors (Lipinski definition) is 5. The van der Waals surface area contributed by atoms with Crippen LogP contribution in [0.1, 0.15) is 54.4 Å². The van der Waals surface area contributed by atoms with Crippen molar-refractivity contribution in [1.82, 2.24) is 5.32 Å². The SMILES string of the molecule is CC(C)(C)OC(=O)NC(CCC=O)C(=O)OC(C)(C)C. The normalized spacial score (nSPS) is 13.3. The first-order chi connectivity index (χ1) is 8.94. The first-order valence-electron chi connectivity index (χ1n) is 6.60. The standard InChI is InChI=1S/C14H25NO5/c1-13(2,3)19-11(17)10(8-7-9-16)15-12(18)20-14(4,5)6/h9-10H,7-8H2,1-6H3,(H,15,18). The van der Waals surface area contributed by atoms with Crippen LogP contribution in [0.2, 0.25) is 0 Å². The predicted molar refractivity (Wildman–Crippen MR) is 74.3 cm³/mol. The molecule has 6 nitrogen and oxygen atoms in total. The molecule has 0 aliphatic heterocycles. The molecular formula is C14H25NO5. The fourth-order valence-electron chi connectivity index (χ4n) is 1.31. The Bertz CT molecular complexity index is 352. The zero-order valence-electron chi connectivity index (χ0n) is 13.1. The van der Waals surface area contributed by atoms with Gasteiger partial charge in [0.1, 0.15) is 23.5 Å². The molecule has 1 atom stereocenters. The molecule has 0 aliphatic carbocycles. The van der Waals surface area contributed by atoms with Crippen molar-refractivity contribution >= 4 is 18.3 Å². The minimum atomic E-state index is -0.894. The molecule has 116 valence electrons. The number of nitrogens with one attached hydrogen (secondary N) is 1. The summed E-state index contributed by atoms with van der Waals surface area (Å²) in [7, 11) is 0. The van der Waals surface area contributed by atoms with Crippen LogP contribution >= 0.6 is 0 Å². The molecule has 0 radical (unpaired) electrons. The molecule has 0 aromatic rings. The molecule has 1 N–H and O–H groups in total. The third-order valence-corrected chi connectivity index (χ3v) is 1.96. The lowest BCUT2D eigenvalue weighted by atomic mass is 10.1. The highest BCUT2D eigenvalue weighted by Gasteiger charge is 2.28. The van der Waals surface area contributed by atoms with Crippen molar-refractivity contribution in [2.45, 2.75) is 71.6 Å². The highest BCUT2D eigenvalue weighted by atomic mass is 16.6. The van der Waals surface area contributed by atoms with Gasteiger partial charge in [0.15, 0.2) is 0 Å².